The monoisotopic (exact) mass is 312 g/mol. The third-order valence-electron chi connectivity index (χ3n) is 2.25. The second-order valence-corrected chi connectivity index (χ2v) is 6.67. The second kappa shape index (κ2) is 4.45. The summed E-state index contributed by atoms with van der Waals surface area (Å²) in [6, 6.07) is 14.9. The predicted molar refractivity (Wildman–Crippen MR) is 69.3 cm³/mol. The van der Waals surface area contributed by atoms with Crippen molar-refractivity contribution in [2.75, 3.05) is 0 Å². The van der Waals surface area contributed by atoms with Gasteiger partial charge < -0.3 is 0 Å². The molecule has 0 atom stereocenters. The zero-order valence-corrected chi connectivity index (χ0v) is 10.8. The van der Waals surface area contributed by atoms with E-state index in [1.54, 1.807) is 0 Å². The Hall–Kier alpha value is -0.340. The van der Waals surface area contributed by atoms with Crippen molar-refractivity contribution in [2.24, 2.45) is 0 Å². The summed E-state index contributed by atoms with van der Waals surface area (Å²) in [6.07, 6.45) is 1.00. The lowest BCUT2D eigenvalue weighted by atomic mass is 10.0. The lowest BCUT2D eigenvalue weighted by Gasteiger charge is -2.06. The van der Waals surface area contributed by atoms with E-state index in [-0.39, 0.29) is 0 Å². The summed E-state index contributed by atoms with van der Waals surface area (Å²) in [7, 11) is 0. The van der Waals surface area contributed by atoms with Gasteiger partial charge in [0.15, 0.2) is 0 Å². The van der Waals surface area contributed by atoms with Gasteiger partial charge in [-0.1, -0.05) is 74.3 Å². The standard InChI is InChI=1S/C12H10Br2/c13-12(14)8-10-6-3-5-9-4-1-2-7-11(9)10/h1-7,12H,8H2. The van der Waals surface area contributed by atoms with E-state index >= 15 is 0 Å². The van der Waals surface area contributed by atoms with E-state index in [0.717, 1.165) is 6.42 Å². The van der Waals surface area contributed by atoms with E-state index in [2.05, 4.69) is 74.3 Å². The zero-order valence-electron chi connectivity index (χ0n) is 7.58. The molecular formula is C12H10Br2. The molecule has 0 aliphatic rings. The lowest BCUT2D eigenvalue weighted by Crippen LogP contribution is -1.93. The van der Waals surface area contributed by atoms with Crippen LogP contribution >= 0.6 is 31.9 Å². The van der Waals surface area contributed by atoms with Gasteiger partial charge in [-0.3, -0.25) is 0 Å². The van der Waals surface area contributed by atoms with Crippen LogP contribution in [0.1, 0.15) is 5.56 Å². The van der Waals surface area contributed by atoms with Crippen LogP contribution in [0.4, 0.5) is 0 Å². The minimum absolute atomic E-state index is 0.348. The van der Waals surface area contributed by atoms with Gasteiger partial charge in [0, 0.05) is 0 Å². The first-order valence-electron chi connectivity index (χ1n) is 4.52. The van der Waals surface area contributed by atoms with Crippen molar-refractivity contribution in [3.8, 4) is 0 Å². The van der Waals surface area contributed by atoms with Gasteiger partial charge >= 0.3 is 0 Å². The van der Waals surface area contributed by atoms with Crippen LogP contribution in [0.2, 0.25) is 0 Å². The van der Waals surface area contributed by atoms with Crippen molar-refractivity contribution in [1.29, 1.82) is 0 Å². The molecule has 2 aromatic rings. The smallest absolute Gasteiger partial charge is 0.0738 e. The summed E-state index contributed by atoms with van der Waals surface area (Å²) in [4.78, 5) is 0. The molecule has 0 aliphatic carbocycles. The summed E-state index contributed by atoms with van der Waals surface area (Å²) in [5.74, 6) is 0. The Balaban J connectivity index is 2.53. The van der Waals surface area contributed by atoms with Gasteiger partial charge in [0.25, 0.3) is 0 Å². The fourth-order valence-electron chi connectivity index (χ4n) is 1.64. The van der Waals surface area contributed by atoms with Crippen molar-refractivity contribution in [3.05, 3.63) is 48.0 Å². The molecular weight excluding hydrogens is 304 g/mol. The van der Waals surface area contributed by atoms with Crippen LogP contribution in [0, 0.1) is 0 Å². The molecule has 0 unspecified atom stereocenters. The summed E-state index contributed by atoms with van der Waals surface area (Å²) in [5.41, 5.74) is 1.38. The molecule has 0 spiro atoms. The van der Waals surface area contributed by atoms with Crippen LogP contribution in [0.5, 0.6) is 0 Å². The lowest BCUT2D eigenvalue weighted by molar-refractivity contribution is 1.15. The average Bonchev–Trinajstić information content (AvgIpc) is 2.18. The molecule has 0 amide bonds. The van der Waals surface area contributed by atoms with Crippen molar-refractivity contribution >= 4 is 42.6 Å². The summed E-state index contributed by atoms with van der Waals surface area (Å²) in [6.45, 7) is 0. The molecule has 2 aromatic carbocycles. The fraction of sp³-hybridized carbons (Fsp3) is 0.167. The number of rotatable bonds is 2. The van der Waals surface area contributed by atoms with Crippen LogP contribution in [0.25, 0.3) is 10.8 Å². The van der Waals surface area contributed by atoms with Crippen LogP contribution in [0.3, 0.4) is 0 Å². The quantitative estimate of drug-likeness (QED) is 0.716. The van der Waals surface area contributed by atoms with Gasteiger partial charge in [0.2, 0.25) is 0 Å². The van der Waals surface area contributed by atoms with E-state index in [4.69, 9.17) is 0 Å². The minimum Gasteiger partial charge on any atom is -0.0761 e. The van der Waals surface area contributed by atoms with Gasteiger partial charge in [-0.2, -0.15) is 0 Å². The third kappa shape index (κ3) is 2.18. The number of hydrogen-bond acceptors (Lipinski definition) is 0. The normalized spacial score (nSPS) is 11.1. The molecule has 0 fully saturated rings. The molecule has 14 heavy (non-hydrogen) atoms. The Morgan fingerprint density at radius 2 is 1.64 bits per heavy atom. The highest BCUT2D eigenvalue weighted by Gasteiger charge is 2.03. The van der Waals surface area contributed by atoms with Crippen LogP contribution in [-0.2, 0) is 6.42 Å². The Morgan fingerprint density at radius 3 is 2.43 bits per heavy atom. The van der Waals surface area contributed by atoms with E-state index in [0.29, 0.717) is 3.74 Å². The molecule has 72 valence electrons. The Bertz CT molecular complexity index is 430. The second-order valence-electron chi connectivity index (χ2n) is 3.23. The summed E-state index contributed by atoms with van der Waals surface area (Å²) >= 11 is 7.03. The summed E-state index contributed by atoms with van der Waals surface area (Å²) in [5, 5.41) is 2.66. The third-order valence-corrected chi connectivity index (χ3v) is 2.90. The molecule has 0 aromatic heterocycles. The fourth-order valence-corrected chi connectivity index (χ4v) is 2.33. The number of benzene rings is 2. The molecule has 0 radical (unpaired) electrons. The van der Waals surface area contributed by atoms with Gasteiger partial charge in [0.05, 0.1) is 3.74 Å². The topological polar surface area (TPSA) is 0 Å². The average molecular weight is 314 g/mol. The highest BCUT2D eigenvalue weighted by Crippen LogP contribution is 2.23. The number of fused-ring (bicyclic) bond motifs is 1. The number of hydrogen-bond donors (Lipinski definition) is 0. The maximum absolute atomic E-state index is 3.51. The summed E-state index contributed by atoms with van der Waals surface area (Å²) < 4.78 is 0.348. The molecule has 0 aliphatic heterocycles. The van der Waals surface area contributed by atoms with Crippen molar-refractivity contribution < 1.29 is 0 Å². The Kier molecular flexibility index (Phi) is 3.24. The Labute approximate surface area is 101 Å². The predicted octanol–water partition coefficient (Wildman–Crippen LogP) is 4.50. The molecule has 0 N–H and O–H groups in total. The van der Waals surface area contributed by atoms with Crippen LogP contribution < -0.4 is 0 Å². The van der Waals surface area contributed by atoms with Crippen LogP contribution in [-0.4, -0.2) is 3.74 Å². The van der Waals surface area contributed by atoms with Gasteiger partial charge in [-0.15, -0.1) is 0 Å². The van der Waals surface area contributed by atoms with Gasteiger partial charge in [-0.05, 0) is 22.8 Å². The first-order valence-corrected chi connectivity index (χ1v) is 6.35. The van der Waals surface area contributed by atoms with Crippen LogP contribution in [0.15, 0.2) is 42.5 Å². The highest BCUT2D eigenvalue weighted by molar-refractivity contribution is 9.24. The first kappa shape index (κ1) is 10.2. The minimum atomic E-state index is 0.348. The number of alkyl halides is 2. The molecule has 2 rings (SSSR count). The van der Waals surface area contributed by atoms with E-state index in [1.165, 1.54) is 16.3 Å². The zero-order chi connectivity index (χ0) is 9.97. The molecule has 0 heterocycles. The maximum Gasteiger partial charge on any atom is 0.0738 e. The number of halogens is 2. The SMILES string of the molecule is BrC(Br)Cc1cccc2ccccc12. The van der Waals surface area contributed by atoms with E-state index < -0.39 is 0 Å². The largest absolute Gasteiger partial charge is 0.0761 e. The van der Waals surface area contributed by atoms with Crippen molar-refractivity contribution in [1.82, 2.24) is 0 Å². The van der Waals surface area contributed by atoms with E-state index in [9.17, 15) is 0 Å². The van der Waals surface area contributed by atoms with Gasteiger partial charge in [0.1, 0.15) is 0 Å². The molecule has 0 nitrogen and oxygen atoms in total. The highest BCUT2D eigenvalue weighted by atomic mass is 79.9. The molecule has 0 saturated carbocycles. The van der Waals surface area contributed by atoms with Crippen molar-refractivity contribution in [2.45, 2.75) is 10.2 Å². The van der Waals surface area contributed by atoms with E-state index in [1.807, 2.05) is 0 Å². The molecule has 0 saturated heterocycles. The Morgan fingerprint density at radius 1 is 0.929 bits per heavy atom. The molecule has 2 heteroatoms. The van der Waals surface area contributed by atoms with Crippen molar-refractivity contribution in [3.63, 3.8) is 0 Å². The van der Waals surface area contributed by atoms with Gasteiger partial charge in [-0.25, -0.2) is 0 Å². The maximum atomic E-state index is 3.51. The molecule has 0 bridgehead atoms. The first-order chi connectivity index (χ1) is 6.77.